The Morgan fingerprint density at radius 3 is 2.67 bits per heavy atom. The van der Waals surface area contributed by atoms with Crippen LogP contribution in [-0.2, 0) is 17.8 Å². The van der Waals surface area contributed by atoms with Gasteiger partial charge in [0.15, 0.2) is 0 Å². The number of piperazine rings is 1. The van der Waals surface area contributed by atoms with Crippen molar-refractivity contribution < 1.29 is 9.53 Å². The summed E-state index contributed by atoms with van der Waals surface area (Å²) >= 11 is 0. The van der Waals surface area contributed by atoms with Crippen LogP contribution < -0.4 is 14.5 Å². The van der Waals surface area contributed by atoms with Gasteiger partial charge in [-0.15, -0.1) is 0 Å². The van der Waals surface area contributed by atoms with Crippen molar-refractivity contribution in [2.24, 2.45) is 4.99 Å². The van der Waals surface area contributed by atoms with Crippen molar-refractivity contribution in [1.29, 1.82) is 0 Å². The first-order chi connectivity index (χ1) is 19.6. The van der Waals surface area contributed by atoms with E-state index in [4.69, 9.17) is 21.3 Å². The SMILES string of the molecule is C.C.S.[C-]#[N+]C[C@H]1CN(c2nc(OCC3=NC=CC3)nc3c2CCN(c2cccc4ccccc24)C3)CCN1C(=O)C=C. The van der Waals surface area contributed by atoms with Crippen molar-refractivity contribution in [1.82, 2.24) is 14.9 Å². The normalized spacial score (nSPS) is 17.0. The fourth-order valence-electron chi connectivity index (χ4n) is 5.76. The van der Waals surface area contributed by atoms with Gasteiger partial charge in [-0.3, -0.25) is 9.79 Å². The zero-order valence-electron chi connectivity index (χ0n) is 22.9. The van der Waals surface area contributed by atoms with Crippen molar-refractivity contribution in [3.05, 3.63) is 90.1 Å². The van der Waals surface area contributed by atoms with Crippen LogP contribution in [0.4, 0.5) is 11.5 Å². The highest BCUT2D eigenvalue weighted by Crippen LogP contribution is 2.34. The summed E-state index contributed by atoms with van der Waals surface area (Å²) in [6.07, 6.45) is 6.67. The highest BCUT2D eigenvalue weighted by atomic mass is 32.1. The van der Waals surface area contributed by atoms with Crippen LogP contribution in [0, 0.1) is 6.57 Å². The van der Waals surface area contributed by atoms with Crippen LogP contribution in [-0.4, -0.2) is 71.9 Å². The van der Waals surface area contributed by atoms with Gasteiger partial charge in [-0.05, 0) is 23.9 Å². The number of anilines is 2. The average Bonchev–Trinajstić information content (AvgIpc) is 3.53. The van der Waals surface area contributed by atoms with Gasteiger partial charge in [-0.25, -0.2) is 6.57 Å². The molecule has 2 aromatic carbocycles. The lowest BCUT2D eigenvalue weighted by Crippen LogP contribution is -2.56. The molecule has 3 aromatic rings. The molecule has 0 saturated carbocycles. The molecule has 0 unspecified atom stereocenters. The average molecular weight is 600 g/mol. The molecule has 10 heteroatoms. The highest BCUT2D eigenvalue weighted by Gasteiger charge is 2.34. The molecule has 3 aliphatic rings. The van der Waals surface area contributed by atoms with E-state index in [1.807, 2.05) is 6.08 Å². The molecule has 0 N–H and O–H groups in total. The molecule has 0 radical (unpaired) electrons. The molecule has 1 aromatic heterocycles. The molecular weight excluding hydrogens is 558 g/mol. The van der Waals surface area contributed by atoms with Gasteiger partial charge >= 0.3 is 6.01 Å². The number of carbonyl (C=O) groups excluding carboxylic acids is 1. The molecule has 9 nitrogen and oxygen atoms in total. The van der Waals surface area contributed by atoms with Crippen LogP contribution in [0.15, 0.2) is 72.4 Å². The zero-order valence-corrected chi connectivity index (χ0v) is 23.9. The lowest BCUT2D eigenvalue weighted by Gasteiger charge is -2.41. The number of rotatable bonds is 7. The maximum Gasteiger partial charge on any atom is 0.319 e. The number of aliphatic imine (C=N–C) groups is 1. The maximum atomic E-state index is 12.5. The Kier molecular flexibility index (Phi) is 11.3. The molecule has 4 heterocycles. The standard InChI is InChI=1S/C31H31N7O2.2CH4.H2S/c1-3-29(39)38-17-16-37(19-24(38)18-32-2)30-26-13-15-36(28-12-6-9-22-8-4-5-11-25(22)28)20-27(26)34-31(35-30)40-21-23-10-7-14-33-23;;;/h3-9,11-12,14,24H,1,10,13,15-21H2;2*1H4;1H2/t24-;;;/m0.../s1. The number of benzene rings is 2. The van der Waals surface area contributed by atoms with E-state index in [9.17, 15) is 4.79 Å². The minimum atomic E-state index is -0.235. The summed E-state index contributed by atoms with van der Waals surface area (Å²) in [4.78, 5) is 36.6. The van der Waals surface area contributed by atoms with Crippen molar-refractivity contribution in [2.45, 2.75) is 40.3 Å². The van der Waals surface area contributed by atoms with E-state index in [0.29, 0.717) is 38.8 Å². The first-order valence-corrected chi connectivity index (χ1v) is 13.6. The van der Waals surface area contributed by atoms with Gasteiger partial charge in [0.05, 0.1) is 18.0 Å². The third-order valence-corrected chi connectivity index (χ3v) is 7.76. The van der Waals surface area contributed by atoms with Crippen LogP contribution in [0.5, 0.6) is 6.01 Å². The second-order valence-corrected chi connectivity index (χ2v) is 10.2. The zero-order chi connectivity index (χ0) is 27.5. The number of amides is 1. The Morgan fingerprint density at radius 1 is 1.09 bits per heavy atom. The van der Waals surface area contributed by atoms with E-state index in [0.717, 1.165) is 42.2 Å². The van der Waals surface area contributed by atoms with Crippen LogP contribution in [0.2, 0.25) is 0 Å². The molecule has 1 atom stereocenters. The minimum absolute atomic E-state index is 0. The molecule has 226 valence electrons. The Labute approximate surface area is 261 Å². The molecule has 0 aliphatic carbocycles. The Bertz CT molecular complexity index is 1560. The number of carbonyl (C=O) groups is 1. The lowest BCUT2D eigenvalue weighted by atomic mass is 10.0. The van der Waals surface area contributed by atoms with E-state index < -0.39 is 0 Å². The van der Waals surface area contributed by atoms with Crippen LogP contribution >= 0.6 is 13.5 Å². The highest BCUT2D eigenvalue weighted by molar-refractivity contribution is 7.59. The monoisotopic (exact) mass is 599 g/mol. The predicted octanol–water partition coefficient (Wildman–Crippen LogP) is 5.44. The summed E-state index contributed by atoms with van der Waals surface area (Å²) < 4.78 is 6.09. The summed E-state index contributed by atoms with van der Waals surface area (Å²) in [7, 11) is 0. The van der Waals surface area contributed by atoms with Gasteiger partial charge in [0.1, 0.15) is 18.5 Å². The van der Waals surface area contributed by atoms with Crippen molar-refractivity contribution >= 4 is 47.4 Å². The Hall–Kier alpha value is -4.36. The van der Waals surface area contributed by atoms with Crippen LogP contribution in [0.3, 0.4) is 0 Å². The Balaban J connectivity index is 0.00000169. The molecule has 6 rings (SSSR count). The van der Waals surface area contributed by atoms with E-state index in [2.05, 4.69) is 68.7 Å². The summed E-state index contributed by atoms with van der Waals surface area (Å²) in [5, 5.41) is 2.43. The van der Waals surface area contributed by atoms with Gasteiger partial charge in [0.2, 0.25) is 12.5 Å². The third-order valence-electron chi connectivity index (χ3n) is 7.76. The molecule has 1 amide bonds. The molecule has 1 saturated heterocycles. The quantitative estimate of drug-likeness (QED) is 0.266. The number of hydrogen-bond donors (Lipinski definition) is 0. The van der Waals surface area contributed by atoms with Gasteiger partial charge in [-0.2, -0.15) is 23.5 Å². The number of ether oxygens (including phenoxy) is 1. The molecule has 0 spiro atoms. The second-order valence-electron chi connectivity index (χ2n) is 10.2. The molecular formula is C33H41N7O2S. The maximum absolute atomic E-state index is 12.5. The topological polar surface area (TPSA) is 78.5 Å². The van der Waals surface area contributed by atoms with Gasteiger partial charge in [-0.1, -0.05) is 63.9 Å². The van der Waals surface area contributed by atoms with E-state index in [1.165, 1.54) is 22.5 Å². The van der Waals surface area contributed by atoms with E-state index in [-0.39, 0.29) is 46.8 Å². The number of fused-ring (bicyclic) bond motifs is 2. The van der Waals surface area contributed by atoms with Gasteiger partial charge < -0.3 is 24.3 Å². The fraction of sp³-hybridized carbons (Fsp3) is 0.364. The number of nitrogens with zero attached hydrogens (tertiary/aromatic N) is 7. The van der Waals surface area contributed by atoms with Crippen molar-refractivity contribution in [3.8, 4) is 6.01 Å². The molecule has 3 aliphatic heterocycles. The lowest BCUT2D eigenvalue weighted by molar-refractivity contribution is -0.128. The molecule has 0 bridgehead atoms. The number of aromatic nitrogens is 2. The van der Waals surface area contributed by atoms with Crippen LogP contribution in [0.25, 0.3) is 15.6 Å². The van der Waals surface area contributed by atoms with Gasteiger partial charge in [0, 0.05) is 55.4 Å². The van der Waals surface area contributed by atoms with Gasteiger partial charge in [0.25, 0.3) is 0 Å². The molecule has 1 fully saturated rings. The number of allylic oxidation sites excluding steroid dienone is 1. The first-order valence-electron chi connectivity index (χ1n) is 13.6. The smallest absolute Gasteiger partial charge is 0.319 e. The largest absolute Gasteiger partial charge is 0.457 e. The van der Waals surface area contributed by atoms with Crippen LogP contribution in [0.1, 0.15) is 32.5 Å². The second kappa shape index (κ2) is 14.7. The Morgan fingerprint density at radius 2 is 1.91 bits per heavy atom. The summed E-state index contributed by atoms with van der Waals surface area (Å²) in [6, 6.07) is 14.9. The molecule has 43 heavy (non-hydrogen) atoms. The summed E-state index contributed by atoms with van der Waals surface area (Å²) in [6.45, 7) is 14.8. The third kappa shape index (κ3) is 6.83. The summed E-state index contributed by atoms with van der Waals surface area (Å²) in [5.74, 6) is 0.698. The van der Waals surface area contributed by atoms with E-state index >= 15 is 0 Å². The van der Waals surface area contributed by atoms with E-state index in [1.54, 1.807) is 11.1 Å². The van der Waals surface area contributed by atoms with Crippen molar-refractivity contribution in [3.63, 3.8) is 0 Å². The first kappa shape index (κ1) is 33.1. The fourth-order valence-corrected chi connectivity index (χ4v) is 5.76. The number of hydrogen-bond acceptors (Lipinski definition) is 7. The minimum Gasteiger partial charge on any atom is -0.457 e. The summed E-state index contributed by atoms with van der Waals surface area (Å²) in [5.41, 5.74) is 4.17. The predicted molar refractivity (Wildman–Crippen MR) is 181 cm³/mol. The van der Waals surface area contributed by atoms with Crippen molar-refractivity contribution in [2.75, 3.05) is 49.1 Å².